The average molecular weight is 520 g/mol. The fraction of sp³-hybridized carbons (Fsp3) is 0.667. The summed E-state index contributed by atoms with van der Waals surface area (Å²) in [6.45, 7) is 8.14. The number of rotatable bonds is 14. The van der Waals surface area contributed by atoms with Crippen molar-refractivity contribution in [1.82, 2.24) is 14.7 Å². The van der Waals surface area contributed by atoms with E-state index in [-0.39, 0.29) is 37.7 Å². The second-order valence-electron chi connectivity index (χ2n) is 9.78. The minimum Gasteiger partial charge on any atom is -0.481 e. The first-order chi connectivity index (χ1) is 17.8. The highest BCUT2D eigenvalue weighted by Crippen LogP contribution is 2.42. The number of nitrogens with zero attached hydrogens (tertiary/aromatic N) is 3. The fourth-order valence-corrected chi connectivity index (χ4v) is 5.41. The van der Waals surface area contributed by atoms with E-state index in [1.54, 1.807) is 15.9 Å². The molecule has 0 aromatic heterocycles. The Hall–Kier alpha value is -2.85. The van der Waals surface area contributed by atoms with Crippen LogP contribution in [0.2, 0.25) is 0 Å². The standard InChI is InChI=1S/C27H41N3O7/c1-4-6-11-29(12-7-14-31)25(33)17-30-16-21(20-8-9-23-24(15-20)37-18-36-23)26(27(34)35)22(30)10-13-28(5-2)19(3)32/h8-9,15,21-22,26,31H,4-7,10-14,16-18H2,1-3H3,(H,34,35)/t21-,22+,26?/m1/s1. The summed E-state index contributed by atoms with van der Waals surface area (Å²) in [6.07, 6.45) is 2.76. The van der Waals surface area contributed by atoms with Gasteiger partial charge in [0.1, 0.15) is 0 Å². The van der Waals surface area contributed by atoms with E-state index in [0.717, 1.165) is 18.4 Å². The van der Waals surface area contributed by atoms with E-state index in [2.05, 4.69) is 6.92 Å². The molecule has 1 fully saturated rings. The van der Waals surface area contributed by atoms with Gasteiger partial charge in [0.15, 0.2) is 11.5 Å². The van der Waals surface area contributed by atoms with Crippen molar-refractivity contribution in [2.75, 3.05) is 52.7 Å². The summed E-state index contributed by atoms with van der Waals surface area (Å²) in [5.41, 5.74) is 0.832. The molecule has 10 heteroatoms. The molecule has 3 rings (SSSR count). The number of aliphatic hydroxyl groups excluding tert-OH is 1. The predicted octanol–water partition coefficient (Wildman–Crippen LogP) is 2.15. The Morgan fingerprint density at radius 3 is 2.43 bits per heavy atom. The number of likely N-dealkylation sites (tertiary alicyclic amines) is 1. The van der Waals surface area contributed by atoms with Gasteiger partial charge >= 0.3 is 5.97 Å². The Morgan fingerprint density at radius 2 is 1.78 bits per heavy atom. The topological polar surface area (TPSA) is 120 Å². The first-order valence-electron chi connectivity index (χ1n) is 13.3. The van der Waals surface area contributed by atoms with Gasteiger partial charge in [-0.2, -0.15) is 0 Å². The minimum atomic E-state index is -0.920. The summed E-state index contributed by atoms with van der Waals surface area (Å²) < 4.78 is 11.0. The van der Waals surface area contributed by atoms with E-state index in [1.165, 1.54) is 6.92 Å². The number of carbonyl (C=O) groups excluding carboxylic acids is 2. The van der Waals surface area contributed by atoms with Crippen LogP contribution < -0.4 is 9.47 Å². The van der Waals surface area contributed by atoms with Gasteiger partial charge in [0.25, 0.3) is 0 Å². The van der Waals surface area contributed by atoms with E-state index in [0.29, 0.717) is 57.1 Å². The average Bonchev–Trinajstić information content (AvgIpc) is 3.48. The fourth-order valence-electron chi connectivity index (χ4n) is 5.41. The number of amides is 2. The van der Waals surface area contributed by atoms with Crippen molar-refractivity contribution >= 4 is 17.8 Å². The summed E-state index contributed by atoms with van der Waals surface area (Å²) >= 11 is 0. The maximum Gasteiger partial charge on any atom is 0.308 e. The van der Waals surface area contributed by atoms with Gasteiger partial charge in [-0.1, -0.05) is 19.4 Å². The third-order valence-electron chi connectivity index (χ3n) is 7.44. The zero-order valence-corrected chi connectivity index (χ0v) is 22.2. The Kier molecular flexibility index (Phi) is 10.6. The zero-order chi connectivity index (χ0) is 26.9. The third-order valence-corrected chi connectivity index (χ3v) is 7.44. The lowest BCUT2D eigenvalue weighted by Crippen LogP contribution is -2.46. The monoisotopic (exact) mass is 519 g/mol. The van der Waals surface area contributed by atoms with Gasteiger partial charge in [0, 0.05) is 58.2 Å². The number of hydrogen-bond acceptors (Lipinski definition) is 7. The summed E-state index contributed by atoms with van der Waals surface area (Å²) in [5, 5.41) is 19.6. The van der Waals surface area contributed by atoms with E-state index >= 15 is 0 Å². The number of fused-ring (bicyclic) bond motifs is 1. The zero-order valence-electron chi connectivity index (χ0n) is 22.2. The van der Waals surface area contributed by atoms with Crippen LogP contribution in [0.3, 0.4) is 0 Å². The minimum absolute atomic E-state index is 0.00736. The number of carboxylic acids is 1. The van der Waals surface area contributed by atoms with Gasteiger partial charge in [0.05, 0.1) is 12.5 Å². The van der Waals surface area contributed by atoms with Crippen molar-refractivity contribution < 1.29 is 34.1 Å². The molecular weight excluding hydrogens is 478 g/mol. The first-order valence-corrected chi connectivity index (χ1v) is 13.3. The lowest BCUT2D eigenvalue weighted by molar-refractivity contribution is -0.144. The first kappa shape index (κ1) is 28.7. The molecule has 2 aliphatic heterocycles. The largest absolute Gasteiger partial charge is 0.481 e. The van der Waals surface area contributed by atoms with E-state index in [4.69, 9.17) is 9.47 Å². The van der Waals surface area contributed by atoms with Crippen LogP contribution in [0.1, 0.15) is 57.9 Å². The Balaban J connectivity index is 1.88. The number of unbranched alkanes of at least 4 members (excludes halogenated alkanes) is 1. The van der Waals surface area contributed by atoms with Crippen molar-refractivity contribution in [3.63, 3.8) is 0 Å². The number of carboxylic acid groups (broad SMARTS) is 1. The van der Waals surface area contributed by atoms with E-state index < -0.39 is 17.9 Å². The number of benzene rings is 1. The molecule has 2 N–H and O–H groups in total. The molecule has 0 radical (unpaired) electrons. The van der Waals surface area contributed by atoms with Crippen LogP contribution in [0.15, 0.2) is 18.2 Å². The molecule has 1 aromatic carbocycles. The molecule has 1 unspecified atom stereocenters. The molecule has 206 valence electrons. The smallest absolute Gasteiger partial charge is 0.308 e. The highest BCUT2D eigenvalue weighted by molar-refractivity contribution is 5.79. The van der Waals surface area contributed by atoms with Crippen LogP contribution in [0.25, 0.3) is 0 Å². The molecule has 1 saturated heterocycles. The molecule has 2 amide bonds. The molecule has 1 aromatic rings. The number of carbonyl (C=O) groups is 3. The Labute approximate surface area is 219 Å². The third kappa shape index (κ3) is 7.13. The molecule has 10 nitrogen and oxygen atoms in total. The molecule has 0 aliphatic carbocycles. The molecule has 37 heavy (non-hydrogen) atoms. The van der Waals surface area contributed by atoms with Crippen molar-refractivity contribution in [1.29, 1.82) is 0 Å². The summed E-state index contributed by atoms with van der Waals surface area (Å²) in [4.78, 5) is 43.5. The van der Waals surface area contributed by atoms with Crippen LogP contribution in [0.4, 0.5) is 0 Å². The highest BCUT2D eigenvalue weighted by Gasteiger charge is 2.47. The normalized spacial score (nSPS) is 20.7. The molecule has 0 saturated carbocycles. The summed E-state index contributed by atoms with van der Waals surface area (Å²) in [7, 11) is 0. The van der Waals surface area contributed by atoms with Crippen molar-refractivity contribution in [3.05, 3.63) is 23.8 Å². The molecule has 2 heterocycles. The van der Waals surface area contributed by atoms with Crippen LogP contribution in [-0.2, 0) is 14.4 Å². The van der Waals surface area contributed by atoms with Crippen LogP contribution in [0.5, 0.6) is 11.5 Å². The maximum absolute atomic E-state index is 13.4. The SMILES string of the molecule is CCCCN(CCCO)C(=O)CN1C[C@H](c2ccc3c(c2)OCO3)C(C(=O)O)[C@@H]1CCN(CC)C(C)=O. The summed E-state index contributed by atoms with van der Waals surface area (Å²) in [6, 6.07) is 5.10. The molecule has 3 atom stereocenters. The number of ether oxygens (including phenoxy) is 2. The Morgan fingerprint density at radius 1 is 1.05 bits per heavy atom. The van der Waals surface area contributed by atoms with Crippen molar-refractivity contribution in [2.45, 2.75) is 58.4 Å². The van der Waals surface area contributed by atoms with Gasteiger partial charge in [0.2, 0.25) is 18.6 Å². The van der Waals surface area contributed by atoms with E-state index in [9.17, 15) is 24.6 Å². The van der Waals surface area contributed by atoms with Gasteiger partial charge in [-0.05, 0) is 43.9 Å². The van der Waals surface area contributed by atoms with Gasteiger partial charge in [-0.3, -0.25) is 19.3 Å². The molecular formula is C27H41N3O7. The van der Waals surface area contributed by atoms with Gasteiger partial charge < -0.3 is 29.5 Å². The van der Waals surface area contributed by atoms with Crippen LogP contribution >= 0.6 is 0 Å². The molecule has 2 aliphatic rings. The second-order valence-corrected chi connectivity index (χ2v) is 9.78. The lowest BCUT2D eigenvalue weighted by atomic mass is 9.84. The van der Waals surface area contributed by atoms with Crippen LogP contribution in [-0.4, -0.2) is 101 Å². The van der Waals surface area contributed by atoms with E-state index in [1.807, 2.05) is 24.0 Å². The number of hydrogen-bond donors (Lipinski definition) is 2. The molecule has 0 spiro atoms. The highest BCUT2D eigenvalue weighted by atomic mass is 16.7. The van der Waals surface area contributed by atoms with Crippen molar-refractivity contribution in [3.8, 4) is 11.5 Å². The number of aliphatic hydroxyl groups is 1. The van der Waals surface area contributed by atoms with Gasteiger partial charge in [-0.15, -0.1) is 0 Å². The maximum atomic E-state index is 13.4. The molecule has 0 bridgehead atoms. The summed E-state index contributed by atoms with van der Waals surface area (Å²) in [5.74, 6) is -0.919. The Bertz CT molecular complexity index is 933. The quantitative estimate of drug-likeness (QED) is 0.384. The number of aliphatic carboxylic acids is 1. The lowest BCUT2D eigenvalue weighted by Gasteiger charge is -2.31. The van der Waals surface area contributed by atoms with Gasteiger partial charge in [-0.25, -0.2) is 0 Å². The predicted molar refractivity (Wildman–Crippen MR) is 138 cm³/mol. The van der Waals surface area contributed by atoms with Crippen molar-refractivity contribution in [2.24, 2.45) is 5.92 Å². The second kappa shape index (κ2) is 13.6. The van der Waals surface area contributed by atoms with Crippen LogP contribution in [0, 0.1) is 5.92 Å².